The van der Waals surface area contributed by atoms with Crippen LogP contribution in [-0.4, -0.2) is 11.1 Å². The highest BCUT2D eigenvalue weighted by molar-refractivity contribution is 5.87. The Morgan fingerprint density at radius 1 is 1.36 bits per heavy atom. The van der Waals surface area contributed by atoms with Crippen molar-refractivity contribution < 1.29 is 18.7 Å². The second-order valence-electron chi connectivity index (χ2n) is 2.66. The molecule has 0 aliphatic rings. The Labute approximate surface area is 79.2 Å². The van der Waals surface area contributed by atoms with Crippen molar-refractivity contribution in [1.29, 1.82) is 0 Å². The first kappa shape index (κ1) is 10.2. The molecule has 2 nitrogen and oxygen atoms in total. The summed E-state index contributed by atoms with van der Waals surface area (Å²) in [4.78, 5) is 10.0. The van der Waals surface area contributed by atoms with E-state index in [0.717, 1.165) is 12.1 Å². The van der Waals surface area contributed by atoms with E-state index < -0.39 is 23.2 Å². The molecule has 0 aliphatic heterocycles. The van der Waals surface area contributed by atoms with E-state index in [9.17, 15) is 13.6 Å². The van der Waals surface area contributed by atoms with Crippen LogP contribution in [0.1, 0.15) is 11.1 Å². The molecular weight excluding hydrogens is 190 g/mol. The fourth-order valence-electron chi connectivity index (χ4n) is 0.935. The topological polar surface area (TPSA) is 37.3 Å². The number of aliphatic carboxylic acids is 1. The molecule has 1 N–H and O–H groups in total. The van der Waals surface area contributed by atoms with Gasteiger partial charge in [0.25, 0.3) is 0 Å². The van der Waals surface area contributed by atoms with Crippen molar-refractivity contribution in [3.63, 3.8) is 0 Å². The third-order valence-electron chi connectivity index (χ3n) is 1.48. The number of carboxylic acids is 1. The lowest BCUT2D eigenvalue weighted by Crippen LogP contribution is -1.93. The third kappa shape index (κ3) is 2.30. The van der Waals surface area contributed by atoms with E-state index >= 15 is 0 Å². The van der Waals surface area contributed by atoms with Gasteiger partial charge in [0, 0.05) is 5.92 Å². The molecule has 0 atom stereocenters. The van der Waals surface area contributed by atoms with Crippen molar-refractivity contribution >= 4 is 5.97 Å². The van der Waals surface area contributed by atoms with Crippen LogP contribution in [0.5, 0.6) is 0 Å². The molecule has 0 amide bonds. The van der Waals surface area contributed by atoms with Crippen molar-refractivity contribution in [2.45, 2.75) is 6.92 Å². The minimum Gasteiger partial charge on any atom is -0.472 e. The van der Waals surface area contributed by atoms with Gasteiger partial charge in [-0.2, -0.15) is 0 Å². The zero-order valence-corrected chi connectivity index (χ0v) is 7.27. The van der Waals surface area contributed by atoms with Gasteiger partial charge in [-0.15, -0.1) is 0 Å². The lowest BCUT2D eigenvalue weighted by Gasteiger charge is -1.98. The van der Waals surface area contributed by atoms with Gasteiger partial charge >= 0.3 is 5.97 Å². The van der Waals surface area contributed by atoms with Crippen LogP contribution in [0.4, 0.5) is 8.78 Å². The van der Waals surface area contributed by atoms with E-state index in [0.29, 0.717) is 5.56 Å². The zero-order chi connectivity index (χ0) is 10.7. The first-order chi connectivity index (χ1) is 6.50. The van der Waals surface area contributed by atoms with E-state index in [-0.39, 0.29) is 0 Å². The highest BCUT2D eigenvalue weighted by Gasteiger charge is 2.07. The molecule has 72 valence electrons. The Kier molecular flexibility index (Phi) is 2.82. The average Bonchev–Trinajstić information content (AvgIpc) is 2.01. The standard InChI is InChI=1S/C10H6F2O2/c1-6-4-8(11)7(9(12)5-6)2-3-10(13)14/h4-5H,1H3,(H,13,14). The molecule has 0 fully saturated rings. The Bertz CT molecular complexity index is 418. The highest BCUT2D eigenvalue weighted by atomic mass is 19.1. The van der Waals surface area contributed by atoms with E-state index in [1.165, 1.54) is 6.92 Å². The Hall–Kier alpha value is -1.89. The van der Waals surface area contributed by atoms with Crippen LogP contribution in [0, 0.1) is 30.4 Å². The van der Waals surface area contributed by atoms with Gasteiger partial charge in [0.2, 0.25) is 0 Å². The van der Waals surface area contributed by atoms with Crippen LogP contribution in [0.25, 0.3) is 0 Å². The van der Waals surface area contributed by atoms with Gasteiger partial charge < -0.3 is 5.11 Å². The maximum absolute atomic E-state index is 13.0. The SMILES string of the molecule is Cc1cc(F)c(C#CC(=O)O)c(F)c1. The molecule has 4 heteroatoms. The van der Waals surface area contributed by atoms with E-state index in [1.807, 2.05) is 5.92 Å². The van der Waals surface area contributed by atoms with Crippen LogP contribution in [-0.2, 0) is 4.79 Å². The molecule has 0 aromatic heterocycles. The number of aryl methyl sites for hydroxylation is 1. The van der Waals surface area contributed by atoms with Gasteiger partial charge in [-0.05, 0) is 30.5 Å². The summed E-state index contributed by atoms with van der Waals surface area (Å²) in [6, 6.07) is 2.18. The summed E-state index contributed by atoms with van der Waals surface area (Å²) in [6.07, 6.45) is 0. The maximum atomic E-state index is 13.0. The van der Waals surface area contributed by atoms with Gasteiger partial charge in [-0.25, -0.2) is 13.6 Å². The van der Waals surface area contributed by atoms with Gasteiger partial charge in [0.15, 0.2) is 0 Å². The smallest absolute Gasteiger partial charge is 0.382 e. The van der Waals surface area contributed by atoms with Crippen LogP contribution in [0.15, 0.2) is 12.1 Å². The molecule has 0 heterocycles. The molecule has 0 bridgehead atoms. The first-order valence-corrected chi connectivity index (χ1v) is 3.71. The van der Waals surface area contributed by atoms with Crippen LogP contribution < -0.4 is 0 Å². The summed E-state index contributed by atoms with van der Waals surface area (Å²) in [5.74, 6) is 0.430. The Morgan fingerprint density at radius 2 is 1.86 bits per heavy atom. The van der Waals surface area contributed by atoms with Gasteiger partial charge in [0.05, 0.1) is 5.56 Å². The molecule has 0 saturated heterocycles. The quantitative estimate of drug-likeness (QED) is 0.641. The monoisotopic (exact) mass is 196 g/mol. The summed E-state index contributed by atoms with van der Waals surface area (Å²) in [5.41, 5.74) is -0.0983. The number of benzene rings is 1. The van der Waals surface area contributed by atoms with Crippen molar-refractivity contribution in [3.05, 3.63) is 34.9 Å². The maximum Gasteiger partial charge on any atom is 0.382 e. The summed E-state index contributed by atoms with van der Waals surface area (Å²) >= 11 is 0. The molecule has 14 heavy (non-hydrogen) atoms. The molecule has 0 aliphatic carbocycles. The van der Waals surface area contributed by atoms with Crippen LogP contribution in [0.2, 0.25) is 0 Å². The number of halogens is 2. The Morgan fingerprint density at radius 3 is 2.29 bits per heavy atom. The summed E-state index contributed by atoms with van der Waals surface area (Å²) in [6.45, 7) is 1.53. The minimum absolute atomic E-state index is 0.417. The van der Waals surface area contributed by atoms with Gasteiger partial charge in [0.1, 0.15) is 11.6 Å². The lowest BCUT2D eigenvalue weighted by molar-refractivity contribution is -0.130. The van der Waals surface area contributed by atoms with Crippen molar-refractivity contribution in [2.75, 3.05) is 0 Å². The molecule has 0 radical (unpaired) electrons. The molecule has 0 unspecified atom stereocenters. The second kappa shape index (κ2) is 3.88. The van der Waals surface area contributed by atoms with Crippen LogP contribution in [0.3, 0.4) is 0 Å². The first-order valence-electron chi connectivity index (χ1n) is 3.71. The summed E-state index contributed by atoms with van der Waals surface area (Å²) in [5, 5.41) is 8.19. The van der Waals surface area contributed by atoms with Gasteiger partial charge in [-0.1, -0.05) is 0 Å². The van der Waals surface area contributed by atoms with E-state index in [4.69, 9.17) is 5.11 Å². The number of hydrogen-bond donors (Lipinski definition) is 1. The summed E-state index contributed by atoms with van der Waals surface area (Å²) in [7, 11) is 0. The molecule has 1 aromatic rings. The third-order valence-corrected chi connectivity index (χ3v) is 1.48. The Balaban J connectivity index is 3.24. The molecule has 0 spiro atoms. The average molecular weight is 196 g/mol. The normalized spacial score (nSPS) is 9.07. The second-order valence-corrected chi connectivity index (χ2v) is 2.66. The number of carboxylic acid groups (broad SMARTS) is 1. The van der Waals surface area contributed by atoms with Gasteiger partial charge in [-0.3, -0.25) is 0 Å². The van der Waals surface area contributed by atoms with E-state index in [1.54, 1.807) is 5.92 Å². The summed E-state index contributed by atoms with van der Waals surface area (Å²) < 4.78 is 26.1. The van der Waals surface area contributed by atoms with Crippen molar-refractivity contribution in [3.8, 4) is 11.8 Å². The van der Waals surface area contributed by atoms with Crippen molar-refractivity contribution in [2.24, 2.45) is 0 Å². The fraction of sp³-hybridized carbons (Fsp3) is 0.100. The molecule has 1 aromatic carbocycles. The number of rotatable bonds is 0. The zero-order valence-electron chi connectivity index (χ0n) is 7.27. The highest BCUT2D eigenvalue weighted by Crippen LogP contribution is 2.13. The lowest BCUT2D eigenvalue weighted by atomic mass is 10.1. The fourth-order valence-corrected chi connectivity index (χ4v) is 0.935. The predicted molar refractivity (Wildman–Crippen MR) is 45.6 cm³/mol. The van der Waals surface area contributed by atoms with Crippen molar-refractivity contribution in [1.82, 2.24) is 0 Å². The largest absolute Gasteiger partial charge is 0.472 e. The predicted octanol–water partition coefficient (Wildman–Crippen LogP) is 1.71. The minimum atomic E-state index is -1.43. The molecule has 1 rings (SSSR count). The molecule has 0 saturated carbocycles. The molecular formula is C10H6F2O2. The number of carbonyl (C=O) groups is 1. The number of hydrogen-bond acceptors (Lipinski definition) is 1. The van der Waals surface area contributed by atoms with Crippen LogP contribution >= 0.6 is 0 Å². The van der Waals surface area contributed by atoms with E-state index in [2.05, 4.69) is 0 Å².